The molecule has 1 aromatic rings. The molecule has 5 nitrogen and oxygen atoms in total. The van der Waals surface area contributed by atoms with Crippen LogP contribution in [0.5, 0.6) is 5.75 Å². The second-order valence-electron chi connectivity index (χ2n) is 3.77. The number of carbonyl (C=O) groups is 1. The highest BCUT2D eigenvalue weighted by atomic mass is 16.6. The Balaban J connectivity index is 2.52. The summed E-state index contributed by atoms with van der Waals surface area (Å²) in [6.07, 6.45) is 1.68. The molecule has 0 saturated heterocycles. The largest absolute Gasteiger partial charge is 0.490 e. The number of rotatable bonds is 8. The van der Waals surface area contributed by atoms with E-state index in [9.17, 15) is 4.79 Å². The lowest BCUT2D eigenvalue weighted by atomic mass is 10.3. The Morgan fingerprint density at radius 2 is 1.90 bits per heavy atom. The summed E-state index contributed by atoms with van der Waals surface area (Å²) in [4.78, 5) is 11.2. The van der Waals surface area contributed by atoms with E-state index in [4.69, 9.17) is 19.6 Å². The van der Waals surface area contributed by atoms with Crippen LogP contribution in [0.15, 0.2) is 55.6 Å². The van der Waals surface area contributed by atoms with Crippen LogP contribution in [0.3, 0.4) is 0 Å². The second kappa shape index (κ2) is 8.53. The van der Waals surface area contributed by atoms with E-state index in [2.05, 4.69) is 13.2 Å². The highest BCUT2D eigenvalue weighted by Crippen LogP contribution is 2.09. The maximum Gasteiger partial charge on any atom is 0.330 e. The molecule has 0 fully saturated rings. The van der Waals surface area contributed by atoms with E-state index in [0.29, 0.717) is 5.75 Å². The van der Waals surface area contributed by atoms with Gasteiger partial charge in [-0.05, 0) is 18.2 Å². The van der Waals surface area contributed by atoms with Gasteiger partial charge in [0.05, 0.1) is 0 Å². The molecule has 0 radical (unpaired) electrons. The van der Waals surface area contributed by atoms with Crippen molar-refractivity contribution in [2.24, 2.45) is 0 Å². The molecule has 0 spiro atoms. The third-order valence-electron chi connectivity index (χ3n) is 2.24. The molecule has 1 aromatic carbocycles. The Morgan fingerprint density at radius 1 is 1.20 bits per heavy atom. The minimum Gasteiger partial charge on any atom is -0.490 e. The van der Waals surface area contributed by atoms with E-state index in [-0.39, 0.29) is 19.1 Å². The summed E-state index contributed by atoms with van der Waals surface area (Å²) in [6.45, 7) is 6.86. The first-order chi connectivity index (χ1) is 9.65. The lowest BCUT2D eigenvalue weighted by molar-refractivity contribution is -0.146. The molecule has 20 heavy (non-hydrogen) atoms. The number of benzene rings is 1. The Morgan fingerprint density at radius 3 is 2.50 bits per heavy atom. The van der Waals surface area contributed by atoms with Crippen LogP contribution in [0, 0.1) is 5.41 Å². The van der Waals surface area contributed by atoms with Crippen LogP contribution in [0.1, 0.15) is 0 Å². The molecule has 0 aromatic heterocycles. The average molecular weight is 275 g/mol. The van der Waals surface area contributed by atoms with Gasteiger partial charge in [-0.15, -0.1) is 0 Å². The Bertz CT molecular complexity index is 470. The van der Waals surface area contributed by atoms with E-state index < -0.39 is 12.1 Å². The molecule has 1 atom stereocenters. The second-order valence-corrected chi connectivity index (χ2v) is 3.77. The first-order valence-electron chi connectivity index (χ1n) is 6.00. The lowest BCUT2D eigenvalue weighted by Crippen LogP contribution is -2.30. The van der Waals surface area contributed by atoms with Crippen LogP contribution >= 0.6 is 0 Å². The maximum absolute atomic E-state index is 11.2. The third-order valence-corrected chi connectivity index (χ3v) is 2.24. The van der Waals surface area contributed by atoms with Gasteiger partial charge in [-0.1, -0.05) is 31.4 Å². The van der Waals surface area contributed by atoms with Crippen LogP contribution in [0.4, 0.5) is 0 Å². The molecule has 1 unspecified atom stereocenters. The summed E-state index contributed by atoms with van der Waals surface area (Å²) in [5, 5.41) is 7.31. The Labute approximate surface area is 118 Å². The van der Waals surface area contributed by atoms with Gasteiger partial charge in [0.25, 0.3) is 0 Å². The highest BCUT2D eigenvalue weighted by molar-refractivity contribution is 5.84. The molecule has 1 rings (SSSR count). The van der Waals surface area contributed by atoms with Crippen LogP contribution in [-0.4, -0.2) is 31.2 Å². The molecular formula is C15H17NO4. The number of nitrogens with one attached hydrogen (secondary N) is 1. The molecule has 0 heterocycles. The van der Waals surface area contributed by atoms with E-state index >= 15 is 0 Å². The van der Waals surface area contributed by atoms with Crippen molar-refractivity contribution < 1.29 is 19.0 Å². The molecule has 0 aliphatic rings. The number of carbonyl (C=O) groups excluding carboxylic acids is 1. The van der Waals surface area contributed by atoms with Crippen molar-refractivity contribution >= 4 is 11.9 Å². The number of para-hydroxylation sites is 1. The number of esters is 1. The summed E-state index contributed by atoms with van der Waals surface area (Å²) in [6, 6.07) is 9.13. The van der Waals surface area contributed by atoms with Crippen LogP contribution in [-0.2, 0) is 14.3 Å². The fraction of sp³-hybridized carbons (Fsp3) is 0.200. The van der Waals surface area contributed by atoms with E-state index in [1.165, 1.54) is 6.08 Å². The van der Waals surface area contributed by atoms with Crippen LogP contribution < -0.4 is 4.74 Å². The van der Waals surface area contributed by atoms with Crippen LogP contribution in [0.25, 0.3) is 0 Å². The summed E-state index contributed by atoms with van der Waals surface area (Å²) >= 11 is 0. The van der Waals surface area contributed by atoms with Crippen molar-refractivity contribution in [3.63, 3.8) is 0 Å². The quantitative estimate of drug-likeness (QED) is 0.342. The molecule has 0 aliphatic carbocycles. The molecule has 106 valence electrons. The van der Waals surface area contributed by atoms with Gasteiger partial charge >= 0.3 is 5.97 Å². The first-order valence-corrected chi connectivity index (χ1v) is 6.00. The molecule has 0 bridgehead atoms. The minimum atomic E-state index is -0.638. The smallest absolute Gasteiger partial charge is 0.330 e. The molecule has 0 aliphatic heterocycles. The standard InChI is InChI=1S/C15H17NO4/c1-3-14(16)19-11-13(20-15(17)4-2)10-18-12-8-6-5-7-9-12/h3-9,13,16H,1-2,10-11H2. The Hall–Kier alpha value is -2.56. The van der Waals surface area contributed by atoms with Gasteiger partial charge in [0.1, 0.15) is 19.0 Å². The van der Waals surface area contributed by atoms with Crippen molar-refractivity contribution in [1.82, 2.24) is 0 Å². The zero-order valence-corrected chi connectivity index (χ0v) is 11.1. The highest BCUT2D eigenvalue weighted by Gasteiger charge is 2.15. The van der Waals surface area contributed by atoms with Crippen LogP contribution in [0.2, 0.25) is 0 Å². The van der Waals surface area contributed by atoms with Crippen molar-refractivity contribution in [2.45, 2.75) is 6.10 Å². The SMILES string of the molecule is C=CC(=N)OCC(COc1ccccc1)OC(=O)C=C. The Kier molecular flexibility index (Phi) is 6.61. The number of ether oxygens (including phenoxy) is 3. The van der Waals surface area contributed by atoms with E-state index in [1.54, 1.807) is 12.1 Å². The maximum atomic E-state index is 11.2. The van der Waals surface area contributed by atoms with Gasteiger partial charge in [-0.25, -0.2) is 4.79 Å². The molecule has 0 amide bonds. The number of hydrogen-bond donors (Lipinski definition) is 1. The molecule has 5 heteroatoms. The van der Waals surface area contributed by atoms with Gasteiger partial charge in [0.15, 0.2) is 6.10 Å². The van der Waals surface area contributed by atoms with Gasteiger partial charge in [-0.2, -0.15) is 0 Å². The topological polar surface area (TPSA) is 68.6 Å². The zero-order valence-electron chi connectivity index (χ0n) is 11.1. The fourth-order valence-corrected chi connectivity index (χ4v) is 1.28. The van der Waals surface area contributed by atoms with Gasteiger partial charge in [-0.3, -0.25) is 5.41 Å². The minimum absolute atomic E-state index is 0.0112. The predicted octanol–water partition coefficient (Wildman–Crippen LogP) is 2.34. The normalized spacial score (nSPS) is 11.0. The van der Waals surface area contributed by atoms with Crippen molar-refractivity contribution in [3.8, 4) is 5.75 Å². The molecule has 1 N–H and O–H groups in total. The summed E-state index contributed by atoms with van der Waals surface area (Å²) in [5.74, 6) is -0.00397. The van der Waals surface area contributed by atoms with Crippen molar-refractivity contribution in [3.05, 3.63) is 55.6 Å². The predicted molar refractivity (Wildman–Crippen MR) is 75.9 cm³/mol. The molecule has 0 saturated carbocycles. The van der Waals surface area contributed by atoms with Crippen molar-refractivity contribution in [2.75, 3.05) is 13.2 Å². The zero-order chi connectivity index (χ0) is 14.8. The fourth-order valence-electron chi connectivity index (χ4n) is 1.28. The molecular weight excluding hydrogens is 258 g/mol. The number of hydrogen-bond acceptors (Lipinski definition) is 5. The first kappa shape index (κ1) is 15.5. The lowest BCUT2D eigenvalue weighted by Gasteiger charge is -2.18. The van der Waals surface area contributed by atoms with Gasteiger partial charge in [0, 0.05) is 6.08 Å². The summed E-state index contributed by atoms with van der Waals surface area (Å²) in [7, 11) is 0. The van der Waals surface area contributed by atoms with E-state index in [1.807, 2.05) is 18.2 Å². The van der Waals surface area contributed by atoms with Gasteiger partial charge in [0.2, 0.25) is 5.90 Å². The summed E-state index contributed by atoms with van der Waals surface area (Å²) in [5.41, 5.74) is 0. The van der Waals surface area contributed by atoms with Crippen molar-refractivity contribution in [1.29, 1.82) is 5.41 Å². The van der Waals surface area contributed by atoms with E-state index in [0.717, 1.165) is 6.08 Å². The average Bonchev–Trinajstić information content (AvgIpc) is 2.50. The van der Waals surface area contributed by atoms with Gasteiger partial charge < -0.3 is 14.2 Å². The monoisotopic (exact) mass is 275 g/mol. The summed E-state index contributed by atoms with van der Waals surface area (Å²) < 4.78 is 15.6. The third kappa shape index (κ3) is 5.86.